The van der Waals surface area contributed by atoms with Crippen molar-refractivity contribution in [3.63, 3.8) is 0 Å². The van der Waals surface area contributed by atoms with Crippen LogP contribution in [-0.2, 0) is 26.0 Å². The Hall–Kier alpha value is -3.34. The standard InChI is InChI=1S/C29H37N5O5S2/c1-22(2)20-34(41(38,39)24-12-13-25-26(17-24)40-21-33-25)29(37,18-23-9-5-4-6-10-23)14-16-32-27(35)11-7-8-15-31-28(36)19-30-3/h4-6,9-10,12-13,17,21-22,30,37H,7,11,14,16,18-20H2,1-3H3,(H,31,36)(H,32,35). The number of carbonyl (C=O) groups is 2. The normalized spacial score (nSPS) is 13.0. The van der Waals surface area contributed by atoms with Gasteiger partial charge in [0.1, 0.15) is 5.72 Å². The summed E-state index contributed by atoms with van der Waals surface area (Å²) in [6, 6.07) is 16.5. The first-order chi connectivity index (χ1) is 19.5. The number of aromatic nitrogens is 1. The van der Waals surface area contributed by atoms with Crippen molar-refractivity contribution in [2.45, 2.75) is 50.2 Å². The molecule has 1 atom stereocenters. The number of thiazole rings is 1. The zero-order valence-corrected chi connectivity index (χ0v) is 25.1. The number of nitrogens with one attached hydrogen (secondary N) is 3. The van der Waals surface area contributed by atoms with Crippen LogP contribution in [0.5, 0.6) is 0 Å². The lowest BCUT2D eigenvalue weighted by atomic mass is 9.98. The van der Waals surface area contributed by atoms with Crippen LogP contribution in [0.25, 0.3) is 10.2 Å². The van der Waals surface area contributed by atoms with Gasteiger partial charge in [0.25, 0.3) is 0 Å². The first-order valence-corrected chi connectivity index (χ1v) is 15.7. The second kappa shape index (κ2) is 15.0. The molecule has 0 aliphatic rings. The molecule has 4 N–H and O–H groups in total. The maximum Gasteiger partial charge on any atom is 0.245 e. The quantitative estimate of drug-likeness (QED) is 0.127. The van der Waals surface area contributed by atoms with E-state index in [0.717, 1.165) is 10.3 Å². The molecule has 0 radical (unpaired) electrons. The number of sulfonamides is 1. The molecule has 2 aromatic carbocycles. The van der Waals surface area contributed by atoms with Crippen LogP contribution in [0.15, 0.2) is 58.9 Å². The molecule has 0 aliphatic heterocycles. The van der Waals surface area contributed by atoms with Gasteiger partial charge >= 0.3 is 0 Å². The van der Waals surface area contributed by atoms with E-state index in [1.165, 1.54) is 21.7 Å². The minimum atomic E-state index is -4.13. The van der Waals surface area contributed by atoms with Crippen LogP contribution >= 0.6 is 11.3 Å². The maximum atomic E-state index is 14.1. The zero-order valence-electron chi connectivity index (χ0n) is 23.5. The van der Waals surface area contributed by atoms with Gasteiger partial charge in [-0.3, -0.25) is 14.9 Å². The molecule has 0 bridgehead atoms. The Morgan fingerprint density at radius 1 is 1.15 bits per heavy atom. The van der Waals surface area contributed by atoms with Crippen molar-refractivity contribution in [2.75, 3.05) is 26.7 Å². The highest BCUT2D eigenvalue weighted by Crippen LogP contribution is 2.32. The molecule has 3 aromatic rings. The van der Waals surface area contributed by atoms with E-state index >= 15 is 0 Å². The Morgan fingerprint density at radius 3 is 2.61 bits per heavy atom. The van der Waals surface area contributed by atoms with Gasteiger partial charge in [0.15, 0.2) is 0 Å². The molecule has 10 nitrogen and oxygen atoms in total. The predicted octanol–water partition coefficient (Wildman–Crippen LogP) is 2.46. The lowest BCUT2D eigenvalue weighted by Crippen LogP contribution is -2.55. The van der Waals surface area contributed by atoms with Crippen molar-refractivity contribution in [2.24, 2.45) is 5.92 Å². The Balaban J connectivity index is 1.79. The van der Waals surface area contributed by atoms with Crippen LogP contribution in [0.3, 0.4) is 0 Å². The van der Waals surface area contributed by atoms with Crippen LogP contribution in [0, 0.1) is 17.9 Å². The molecule has 2 amide bonds. The molecule has 1 unspecified atom stereocenters. The molecule has 0 fully saturated rings. The van der Waals surface area contributed by atoms with Gasteiger partial charge in [-0.15, -0.1) is 11.3 Å². The van der Waals surface area contributed by atoms with Crippen molar-refractivity contribution >= 4 is 43.4 Å². The van der Waals surface area contributed by atoms with Gasteiger partial charge in [-0.1, -0.05) is 50.1 Å². The summed E-state index contributed by atoms with van der Waals surface area (Å²) in [6.07, 6.45) is 0.327. The molecular formula is C29H37N5O5S2. The number of likely N-dealkylation sites (N-methyl/N-ethyl adjacent to an activating group) is 1. The minimum absolute atomic E-state index is 0.0336. The largest absolute Gasteiger partial charge is 0.374 e. The van der Waals surface area contributed by atoms with E-state index in [1.54, 1.807) is 24.7 Å². The predicted molar refractivity (Wildman–Crippen MR) is 160 cm³/mol. The van der Waals surface area contributed by atoms with Crippen LogP contribution < -0.4 is 16.0 Å². The molecule has 1 heterocycles. The van der Waals surface area contributed by atoms with E-state index in [9.17, 15) is 23.1 Å². The van der Waals surface area contributed by atoms with Crippen molar-refractivity contribution in [3.05, 3.63) is 59.6 Å². The first-order valence-electron chi connectivity index (χ1n) is 13.4. The average molecular weight is 600 g/mol. The Morgan fingerprint density at radius 2 is 1.90 bits per heavy atom. The summed E-state index contributed by atoms with van der Waals surface area (Å²) in [5.74, 6) is 2.08. The summed E-state index contributed by atoms with van der Waals surface area (Å²) < 4.78 is 30.1. The highest BCUT2D eigenvalue weighted by molar-refractivity contribution is 7.89. The number of benzene rings is 2. The Labute approximate surface area is 245 Å². The molecule has 0 aliphatic carbocycles. The Kier molecular flexibility index (Phi) is 11.8. The van der Waals surface area contributed by atoms with Crippen molar-refractivity contribution in [3.8, 4) is 12.0 Å². The van der Waals surface area contributed by atoms with Gasteiger partial charge in [-0.25, -0.2) is 13.4 Å². The Bertz CT molecular complexity index is 1480. The molecule has 0 saturated carbocycles. The third-order valence-corrected chi connectivity index (χ3v) is 8.88. The van der Waals surface area contributed by atoms with Gasteiger partial charge in [0.2, 0.25) is 21.8 Å². The van der Waals surface area contributed by atoms with Gasteiger partial charge in [0, 0.05) is 44.8 Å². The molecule has 12 heteroatoms. The van der Waals surface area contributed by atoms with Crippen LogP contribution in [-0.4, -0.2) is 67.0 Å². The number of amides is 2. The van der Waals surface area contributed by atoms with E-state index in [4.69, 9.17) is 0 Å². The number of hydrogen-bond acceptors (Lipinski definition) is 8. The van der Waals surface area contributed by atoms with Gasteiger partial charge in [0.05, 0.1) is 27.2 Å². The fraction of sp³-hybridized carbons (Fsp3) is 0.414. The molecular weight excluding hydrogens is 562 g/mol. The van der Waals surface area contributed by atoms with Crippen molar-refractivity contribution in [1.82, 2.24) is 25.2 Å². The third-order valence-electron chi connectivity index (χ3n) is 6.17. The number of fused-ring (bicyclic) bond motifs is 1. The van der Waals surface area contributed by atoms with E-state index in [-0.39, 0.29) is 67.9 Å². The van der Waals surface area contributed by atoms with Crippen molar-refractivity contribution in [1.29, 1.82) is 0 Å². The number of aliphatic hydroxyl groups is 1. The third kappa shape index (κ3) is 9.34. The number of nitrogens with zero attached hydrogens (tertiary/aromatic N) is 2. The minimum Gasteiger partial charge on any atom is -0.374 e. The van der Waals surface area contributed by atoms with E-state index < -0.39 is 15.7 Å². The summed E-state index contributed by atoms with van der Waals surface area (Å²) in [5, 5.41) is 20.0. The van der Waals surface area contributed by atoms with Crippen LogP contribution in [0.4, 0.5) is 0 Å². The molecule has 0 saturated heterocycles. The summed E-state index contributed by atoms with van der Waals surface area (Å²) in [6.45, 7) is 4.05. The summed E-state index contributed by atoms with van der Waals surface area (Å²) in [5.41, 5.74) is 1.31. The zero-order chi connectivity index (χ0) is 29.9. The fourth-order valence-corrected chi connectivity index (χ4v) is 6.87. The smallest absolute Gasteiger partial charge is 0.245 e. The summed E-state index contributed by atoms with van der Waals surface area (Å²) in [4.78, 5) is 28.2. The molecule has 3 rings (SSSR count). The SMILES string of the molecule is CNCC(=O)NC#CCCC(=O)NCCC(O)(Cc1ccccc1)N(CC(C)C)S(=O)(=O)c1ccc2ncsc2c1. The molecule has 220 valence electrons. The second-order valence-corrected chi connectivity index (χ2v) is 12.8. The van der Waals surface area contributed by atoms with E-state index in [2.05, 4.69) is 32.9 Å². The number of rotatable bonds is 14. The van der Waals surface area contributed by atoms with E-state index in [0.29, 0.717) is 5.52 Å². The lowest BCUT2D eigenvalue weighted by Gasteiger charge is -2.40. The van der Waals surface area contributed by atoms with Crippen LogP contribution in [0.2, 0.25) is 0 Å². The van der Waals surface area contributed by atoms with Crippen molar-refractivity contribution < 1.29 is 23.1 Å². The van der Waals surface area contributed by atoms with E-state index in [1.807, 2.05) is 44.2 Å². The molecule has 0 spiro atoms. The fourth-order valence-electron chi connectivity index (χ4n) is 4.22. The van der Waals surface area contributed by atoms with Gasteiger partial charge < -0.3 is 15.7 Å². The van der Waals surface area contributed by atoms with Gasteiger partial charge in [-0.2, -0.15) is 4.31 Å². The summed E-state index contributed by atoms with van der Waals surface area (Å²) in [7, 11) is -2.48. The van der Waals surface area contributed by atoms with Gasteiger partial charge in [-0.05, 0) is 36.7 Å². The molecule has 1 aromatic heterocycles. The van der Waals surface area contributed by atoms with Crippen LogP contribution in [0.1, 0.15) is 38.7 Å². The average Bonchev–Trinajstić information content (AvgIpc) is 3.40. The number of carbonyl (C=O) groups excluding carboxylic acids is 2. The highest BCUT2D eigenvalue weighted by atomic mass is 32.2. The first kappa shape index (κ1) is 32.2. The lowest BCUT2D eigenvalue weighted by molar-refractivity contribution is -0.121. The maximum absolute atomic E-state index is 14.1. The topological polar surface area (TPSA) is 141 Å². The monoisotopic (exact) mass is 599 g/mol. The number of hydrogen-bond donors (Lipinski definition) is 4. The second-order valence-electron chi connectivity index (χ2n) is 10.0. The molecule has 41 heavy (non-hydrogen) atoms. The highest BCUT2D eigenvalue weighted by Gasteiger charge is 2.43. The summed E-state index contributed by atoms with van der Waals surface area (Å²) >= 11 is 1.35.